The van der Waals surface area contributed by atoms with Gasteiger partial charge in [0.2, 0.25) is 0 Å². The summed E-state index contributed by atoms with van der Waals surface area (Å²) in [6.07, 6.45) is 1.64. The molecule has 0 bridgehead atoms. The highest BCUT2D eigenvalue weighted by Gasteiger charge is 2.25. The lowest BCUT2D eigenvalue weighted by Crippen LogP contribution is -2.06. The van der Waals surface area contributed by atoms with Gasteiger partial charge in [-0.3, -0.25) is 4.79 Å². The summed E-state index contributed by atoms with van der Waals surface area (Å²) in [5.41, 5.74) is 3.82. The Kier molecular flexibility index (Phi) is 4.55. The Morgan fingerprint density at radius 2 is 2.04 bits per heavy atom. The first kappa shape index (κ1) is 17.4. The van der Waals surface area contributed by atoms with Crippen molar-refractivity contribution in [3.63, 3.8) is 0 Å². The minimum absolute atomic E-state index is 0.243. The number of hydrogen-bond donors (Lipinski definition) is 3. The second kappa shape index (κ2) is 7.31. The van der Waals surface area contributed by atoms with Crippen LogP contribution in [0.1, 0.15) is 22.8 Å². The van der Waals surface area contributed by atoms with Crippen molar-refractivity contribution in [1.29, 1.82) is 0 Å². The van der Waals surface area contributed by atoms with Crippen molar-refractivity contribution in [2.45, 2.75) is 6.92 Å². The first-order valence-electron chi connectivity index (χ1n) is 8.59. The lowest BCUT2D eigenvalue weighted by Gasteiger charge is -2.05. The lowest BCUT2D eigenvalue weighted by molar-refractivity contribution is -0.110. The standard InChI is InChI=1S/C19H16N6O3/c1-2-28-19(27)12-5-8-14-15(18(26)21-16(14)9-12)10-20-13-6-3-11(4-7-13)17-22-24-25-23-17/h3-10,20H,2H2,1H3,(H,21,26)(H,22,23,24,25)/b15-10+. The van der Waals surface area contributed by atoms with Gasteiger partial charge in [-0.05, 0) is 53.7 Å². The van der Waals surface area contributed by atoms with Gasteiger partial charge in [-0.15, -0.1) is 5.10 Å². The fourth-order valence-electron chi connectivity index (χ4n) is 2.84. The molecule has 1 amide bonds. The van der Waals surface area contributed by atoms with Crippen LogP contribution in [0.5, 0.6) is 0 Å². The second-order valence-corrected chi connectivity index (χ2v) is 5.96. The van der Waals surface area contributed by atoms with E-state index in [2.05, 4.69) is 31.3 Å². The number of anilines is 2. The Morgan fingerprint density at radius 1 is 1.21 bits per heavy atom. The summed E-state index contributed by atoms with van der Waals surface area (Å²) in [4.78, 5) is 24.2. The number of nitrogens with zero attached hydrogens (tertiary/aromatic N) is 3. The van der Waals surface area contributed by atoms with Crippen LogP contribution in [-0.2, 0) is 9.53 Å². The maximum Gasteiger partial charge on any atom is 0.338 e. The third-order valence-electron chi connectivity index (χ3n) is 4.20. The molecule has 1 aliphatic rings. The van der Waals surface area contributed by atoms with Gasteiger partial charge in [-0.1, -0.05) is 6.07 Å². The predicted molar refractivity (Wildman–Crippen MR) is 102 cm³/mol. The number of rotatable bonds is 5. The van der Waals surface area contributed by atoms with E-state index in [0.29, 0.717) is 29.3 Å². The van der Waals surface area contributed by atoms with Gasteiger partial charge in [0.1, 0.15) is 0 Å². The smallest absolute Gasteiger partial charge is 0.338 e. The van der Waals surface area contributed by atoms with Crippen LogP contribution in [-0.4, -0.2) is 39.1 Å². The Morgan fingerprint density at radius 3 is 2.75 bits per heavy atom. The van der Waals surface area contributed by atoms with Crippen LogP contribution in [0.4, 0.5) is 11.4 Å². The number of hydrogen-bond acceptors (Lipinski definition) is 7. The Hall–Kier alpha value is -4.01. The third-order valence-corrected chi connectivity index (χ3v) is 4.20. The zero-order valence-corrected chi connectivity index (χ0v) is 14.9. The van der Waals surface area contributed by atoms with Gasteiger partial charge < -0.3 is 15.4 Å². The van der Waals surface area contributed by atoms with Crippen LogP contribution in [0, 0.1) is 0 Å². The second-order valence-electron chi connectivity index (χ2n) is 5.96. The van der Waals surface area contributed by atoms with E-state index in [9.17, 15) is 9.59 Å². The summed E-state index contributed by atoms with van der Waals surface area (Å²) in [6, 6.07) is 12.4. The van der Waals surface area contributed by atoms with Gasteiger partial charge in [-0.2, -0.15) is 0 Å². The number of aromatic amines is 1. The number of H-pyrrole nitrogens is 1. The molecule has 0 unspecified atom stereocenters. The third kappa shape index (κ3) is 3.32. The van der Waals surface area contributed by atoms with Gasteiger partial charge >= 0.3 is 5.97 Å². The molecule has 2 heterocycles. The molecule has 9 nitrogen and oxygen atoms in total. The molecule has 0 atom stereocenters. The molecule has 0 saturated carbocycles. The van der Waals surface area contributed by atoms with Gasteiger partial charge in [0.05, 0.1) is 17.7 Å². The highest BCUT2D eigenvalue weighted by Crippen LogP contribution is 2.32. The van der Waals surface area contributed by atoms with Crippen molar-refractivity contribution in [2.75, 3.05) is 17.2 Å². The van der Waals surface area contributed by atoms with Crippen molar-refractivity contribution in [3.05, 3.63) is 59.8 Å². The van der Waals surface area contributed by atoms with Gasteiger partial charge in [0, 0.05) is 28.7 Å². The molecule has 4 rings (SSSR count). The number of amides is 1. The van der Waals surface area contributed by atoms with Crippen LogP contribution in [0.2, 0.25) is 0 Å². The number of tetrazole rings is 1. The molecular formula is C19H16N6O3. The van der Waals surface area contributed by atoms with Crippen LogP contribution >= 0.6 is 0 Å². The van der Waals surface area contributed by atoms with Gasteiger partial charge in [0.25, 0.3) is 5.91 Å². The van der Waals surface area contributed by atoms with Crippen molar-refractivity contribution >= 4 is 28.8 Å². The molecule has 3 N–H and O–H groups in total. The van der Waals surface area contributed by atoms with E-state index in [4.69, 9.17) is 4.74 Å². The topological polar surface area (TPSA) is 122 Å². The zero-order valence-electron chi connectivity index (χ0n) is 14.9. The zero-order chi connectivity index (χ0) is 19.5. The van der Waals surface area contributed by atoms with Crippen LogP contribution in [0.15, 0.2) is 48.7 Å². The number of esters is 1. The average Bonchev–Trinajstić information content (AvgIpc) is 3.34. The summed E-state index contributed by atoms with van der Waals surface area (Å²) in [5.74, 6) is -0.0866. The van der Waals surface area contributed by atoms with E-state index >= 15 is 0 Å². The van der Waals surface area contributed by atoms with Crippen molar-refractivity contribution in [2.24, 2.45) is 0 Å². The molecule has 3 aromatic rings. The molecule has 0 saturated heterocycles. The summed E-state index contributed by atoms with van der Waals surface area (Å²) in [7, 11) is 0. The van der Waals surface area contributed by atoms with Crippen LogP contribution in [0.25, 0.3) is 17.0 Å². The normalized spacial score (nSPS) is 13.9. The first-order valence-corrected chi connectivity index (χ1v) is 8.59. The molecule has 0 radical (unpaired) electrons. The minimum atomic E-state index is -0.419. The number of benzene rings is 2. The molecule has 1 aliphatic heterocycles. The maximum atomic E-state index is 12.3. The van der Waals surface area contributed by atoms with E-state index in [1.807, 2.05) is 24.3 Å². The molecule has 0 spiro atoms. The van der Waals surface area contributed by atoms with Crippen molar-refractivity contribution < 1.29 is 14.3 Å². The number of aromatic nitrogens is 4. The molecule has 0 aliphatic carbocycles. The summed E-state index contributed by atoms with van der Waals surface area (Å²) in [6.45, 7) is 2.04. The molecule has 0 fully saturated rings. The van der Waals surface area contributed by atoms with E-state index in [0.717, 1.165) is 16.8 Å². The highest BCUT2D eigenvalue weighted by atomic mass is 16.5. The van der Waals surface area contributed by atoms with E-state index < -0.39 is 5.97 Å². The minimum Gasteiger partial charge on any atom is -0.462 e. The molecule has 28 heavy (non-hydrogen) atoms. The summed E-state index contributed by atoms with van der Waals surface area (Å²) < 4.78 is 4.99. The SMILES string of the molecule is CCOC(=O)c1ccc2c(c1)NC(=O)/C2=C/Nc1ccc(-c2nnn[nH]2)cc1. The van der Waals surface area contributed by atoms with Crippen molar-refractivity contribution in [3.8, 4) is 11.4 Å². The van der Waals surface area contributed by atoms with Gasteiger partial charge in [-0.25, -0.2) is 9.89 Å². The average molecular weight is 376 g/mol. The number of carbonyl (C=O) groups excluding carboxylic acids is 2. The molecule has 2 aromatic carbocycles. The number of carbonyl (C=O) groups is 2. The van der Waals surface area contributed by atoms with Crippen LogP contribution < -0.4 is 10.6 Å². The quantitative estimate of drug-likeness (QED) is 0.462. The number of fused-ring (bicyclic) bond motifs is 1. The predicted octanol–water partition coefficient (Wildman–Crippen LogP) is 2.45. The van der Waals surface area contributed by atoms with Gasteiger partial charge in [0.15, 0.2) is 5.82 Å². The number of nitrogens with one attached hydrogen (secondary N) is 3. The number of ether oxygens (including phenoxy) is 1. The Balaban J connectivity index is 1.53. The molecular weight excluding hydrogens is 360 g/mol. The Bertz CT molecular complexity index is 1060. The maximum absolute atomic E-state index is 12.3. The fourth-order valence-corrected chi connectivity index (χ4v) is 2.84. The Labute approximate surface area is 159 Å². The molecule has 1 aromatic heterocycles. The lowest BCUT2D eigenvalue weighted by atomic mass is 10.1. The van der Waals surface area contributed by atoms with Crippen molar-refractivity contribution in [1.82, 2.24) is 20.6 Å². The summed E-state index contributed by atoms with van der Waals surface area (Å²) in [5, 5.41) is 19.5. The monoisotopic (exact) mass is 376 g/mol. The van der Waals surface area contributed by atoms with E-state index in [1.165, 1.54) is 0 Å². The molecule has 9 heteroatoms. The summed E-state index contributed by atoms with van der Waals surface area (Å²) >= 11 is 0. The highest BCUT2D eigenvalue weighted by molar-refractivity contribution is 6.31. The fraction of sp³-hybridized carbons (Fsp3) is 0.105. The van der Waals surface area contributed by atoms with Crippen LogP contribution in [0.3, 0.4) is 0 Å². The first-order chi connectivity index (χ1) is 13.7. The van der Waals surface area contributed by atoms with E-state index in [1.54, 1.807) is 31.3 Å². The van der Waals surface area contributed by atoms with E-state index in [-0.39, 0.29) is 5.91 Å². The largest absolute Gasteiger partial charge is 0.462 e. The molecule has 140 valence electrons.